The monoisotopic (exact) mass is 343 g/mol. The summed E-state index contributed by atoms with van der Waals surface area (Å²) < 4.78 is 0.612. The number of aromatic nitrogens is 2. The van der Waals surface area contributed by atoms with E-state index in [-0.39, 0.29) is 11.4 Å². The second-order valence-corrected chi connectivity index (χ2v) is 5.28. The van der Waals surface area contributed by atoms with Gasteiger partial charge in [-0.05, 0) is 34.1 Å². The van der Waals surface area contributed by atoms with E-state index in [1.807, 2.05) is 30.3 Å². The van der Waals surface area contributed by atoms with Crippen molar-refractivity contribution in [2.45, 2.75) is 0 Å². The molecular formula is C15H10BrN3O2. The summed E-state index contributed by atoms with van der Waals surface area (Å²) in [6.07, 6.45) is 3.24. The van der Waals surface area contributed by atoms with Gasteiger partial charge in [0.25, 0.3) is 0 Å². The maximum absolute atomic E-state index is 11.3. The number of carbonyl (C=O) groups is 1. The topological polar surface area (TPSA) is 75.1 Å². The number of pyridine rings is 2. The van der Waals surface area contributed by atoms with E-state index in [9.17, 15) is 9.90 Å². The van der Waals surface area contributed by atoms with E-state index in [0.717, 1.165) is 10.9 Å². The standard InChI is InChI=1S/C15H10BrN3O2/c16-10-7-11(15(20)21)14(18-8-10)19-12-5-1-3-9-4-2-6-17-13(9)12/h1-8H,(H,18,19)(H,20,21). The number of fused-ring (bicyclic) bond motifs is 1. The van der Waals surface area contributed by atoms with E-state index in [1.165, 1.54) is 6.07 Å². The highest BCUT2D eigenvalue weighted by molar-refractivity contribution is 9.10. The molecule has 1 aromatic carbocycles. The van der Waals surface area contributed by atoms with Gasteiger partial charge in [0.05, 0.1) is 11.2 Å². The molecule has 0 aliphatic rings. The lowest BCUT2D eigenvalue weighted by Gasteiger charge is -2.10. The molecule has 2 aromatic heterocycles. The molecule has 0 bridgehead atoms. The molecule has 0 amide bonds. The number of hydrogen-bond donors (Lipinski definition) is 2. The number of anilines is 2. The maximum atomic E-state index is 11.3. The van der Waals surface area contributed by atoms with E-state index in [2.05, 4.69) is 31.2 Å². The third-order valence-corrected chi connectivity index (χ3v) is 3.40. The van der Waals surface area contributed by atoms with Crippen LogP contribution in [0.2, 0.25) is 0 Å². The van der Waals surface area contributed by atoms with Crippen LogP contribution in [0.4, 0.5) is 11.5 Å². The highest BCUT2D eigenvalue weighted by Gasteiger charge is 2.13. The fourth-order valence-electron chi connectivity index (χ4n) is 2.03. The normalized spacial score (nSPS) is 10.5. The van der Waals surface area contributed by atoms with Crippen molar-refractivity contribution >= 4 is 44.3 Å². The van der Waals surface area contributed by atoms with Gasteiger partial charge in [-0.25, -0.2) is 9.78 Å². The zero-order valence-electron chi connectivity index (χ0n) is 10.7. The Bertz CT molecular complexity index is 831. The molecule has 2 heterocycles. The number of carboxylic acids is 1. The summed E-state index contributed by atoms with van der Waals surface area (Å²) in [6.45, 7) is 0. The van der Waals surface area contributed by atoms with Gasteiger partial charge in [-0.15, -0.1) is 0 Å². The zero-order chi connectivity index (χ0) is 14.8. The average molecular weight is 344 g/mol. The molecule has 0 aliphatic heterocycles. The maximum Gasteiger partial charge on any atom is 0.339 e. The van der Waals surface area contributed by atoms with Crippen molar-refractivity contribution < 1.29 is 9.90 Å². The van der Waals surface area contributed by atoms with Crippen LogP contribution in [0.15, 0.2) is 53.3 Å². The lowest BCUT2D eigenvalue weighted by atomic mass is 10.2. The van der Waals surface area contributed by atoms with Gasteiger partial charge in [-0.2, -0.15) is 0 Å². The summed E-state index contributed by atoms with van der Waals surface area (Å²) in [4.78, 5) is 19.8. The quantitative estimate of drug-likeness (QED) is 0.755. The fraction of sp³-hybridized carbons (Fsp3) is 0. The highest BCUT2D eigenvalue weighted by atomic mass is 79.9. The molecule has 6 heteroatoms. The minimum atomic E-state index is -1.04. The van der Waals surface area contributed by atoms with Gasteiger partial charge in [0.15, 0.2) is 0 Å². The van der Waals surface area contributed by atoms with Crippen molar-refractivity contribution in [1.82, 2.24) is 9.97 Å². The number of carboxylic acid groups (broad SMARTS) is 1. The Balaban J connectivity index is 2.09. The lowest BCUT2D eigenvalue weighted by molar-refractivity contribution is 0.0697. The van der Waals surface area contributed by atoms with Crippen molar-refractivity contribution in [1.29, 1.82) is 0 Å². The van der Waals surface area contributed by atoms with Crippen molar-refractivity contribution in [3.8, 4) is 0 Å². The summed E-state index contributed by atoms with van der Waals surface area (Å²) in [7, 11) is 0. The van der Waals surface area contributed by atoms with E-state index >= 15 is 0 Å². The molecule has 0 radical (unpaired) electrons. The van der Waals surface area contributed by atoms with Crippen LogP contribution in [0.1, 0.15) is 10.4 Å². The third kappa shape index (κ3) is 2.71. The Morgan fingerprint density at radius 2 is 2.00 bits per heavy atom. The number of halogens is 1. The summed E-state index contributed by atoms with van der Waals surface area (Å²) in [5, 5.41) is 13.3. The predicted molar refractivity (Wildman–Crippen MR) is 83.9 cm³/mol. The minimum absolute atomic E-state index is 0.0947. The van der Waals surface area contributed by atoms with E-state index in [0.29, 0.717) is 10.2 Å². The molecule has 3 rings (SSSR count). The van der Waals surface area contributed by atoms with Gasteiger partial charge < -0.3 is 10.4 Å². The van der Waals surface area contributed by atoms with Gasteiger partial charge in [0.2, 0.25) is 0 Å². The molecule has 0 fully saturated rings. The number of nitrogens with one attached hydrogen (secondary N) is 1. The Morgan fingerprint density at radius 3 is 2.81 bits per heavy atom. The zero-order valence-corrected chi connectivity index (χ0v) is 12.3. The predicted octanol–water partition coefficient (Wildman–Crippen LogP) is 3.83. The molecule has 0 aliphatic carbocycles. The second-order valence-electron chi connectivity index (χ2n) is 4.36. The van der Waals surface area contributed by atoms with Crippen LogP contribution in [-0.2, 0) is 0 Å². The first-order valence-corrected chi connectivity index (χ1v) is 6.94. The first kappa shape index (κ1) is 13.5. The molecule has 0 atom stereocenters. The Labute approximate surface area is 128 Å². The summed E-state index contributed by atoms with van der Waals surface area (Å²) in [6, 6.07) is 11.0. The first-order chi connectivity index (χ1) is 10.1. The molecule has 2 N–H and O–H groups in total. The van der Waals surface area contributed by atoms with Gasteiger partial charge in [0, 0.05) is 22.3 Å². The van der Waals surface area contributed by atoms with Crippen LogP contribution in [0.25, 0.3) is 10.9 Å². The number of hydrogen-bond acceptors (Lipinski definition) is 4. The summed E-state index contributed by atoms with van der Waals surface area (Å²) >= 11 is 3.22. The average Bonchev–Trinajstić information content (AvgIpc) is 2.49. The number of rotatable bonds is 3. The Hall–Kier alpha value is -2.47. The highest BCUT2D eigenvalue weighted by Crippen LogP contribution is 2.26. The number of nitrogens with zero attached hydrogens (tertiary/aromatic N) is 2. The van der Waals surface area contributed by atoms with Crippen LogP contribution in [-0.4, -0.2) is 21.0 Å². The molecule has 0 saturated heterocycles. The Kier molecular flexibility index (Phi) is 3.53. The van der Waals surface area contributed by atoms with Crippen molar-refractivity contribution in [2.24, 2.45) is 0 Å². The molecule has 0 saturated carbocycles. The largest absolute Gasteiger partial charge is 0.478 e. The number of benzene rings is 1. The van der Waals surface area contributed by atoms with Crippen LogP contribution in [0, 0.1) is 0 Å². The van der Waals surface area contributed by atoms with Crippen LogP contribution < -0.4 is 5.32 Å². The Morgan fingerprint density at radius 1 is 1.19 bits per heavy atom. The molecule has 3 aromatic rings. The van der Waals surface area contributed by atoms with Crippen molar-refractivity contribution in [2.75, 3.05) is 5.32 Å². The van der Waals surface area contributed by atoms with Crippen molar-refractivity contribution in [3.63, 3.8) is 0 Å². The summed E-state index contributed by atoms with van der Waals surface area (Å²) in [5.41, 5.74) is 1.57. The smallest absolute Gasteiger partial charge is 0.339 e. The van der Waals surface area contributed by atoms with E-state index in [4.69, 9.17) is 0 Å². The van der Waals surface area contributed by atoms with Gasteiger partial charge in [0.1, 0.15) is 11.4 Å². The molecule has 0 unspecified atom stereocenters. The molecule has 21 heavy (non-hydrogen) atoms. The second kappa shape index (κ2) is 5.49. The van der Waals surface area contributed by atoms with Gasteiger partial charge in [-0.3, -0.25) is 4.98 Å². The van der Waals surface area contributed by atoms with Crippen LogP contribution >= 0.6 is 15.9 Å². The number of aromatic carboxylic acids is 1. The van der Waals surface area contributed by atoms with E-state index in [1.54, 1.807) is 12.4 Å². The SMILES string of the molecule is O=C(O)c1cc(Br)cnc1Nc1cccc2cccnc12. The number of para-hydroxylation sites is 1. The van der Waals surface area contributed by atoms with Crippen LogP contribution in [0.5, 0.6) is 0 Å². The van der Waals surface area contributed by atoms with Gasteiger partial charge in [-0.1, -0.05) is 18.2 Å². The first-order valence-electron chi connectivity index (χ1n) is 6.15. The van der Waals surface area contributed by atoms with E-state index < -0.39 is 5.97 Å². The fourth-order valence-corrected chi connectivity index (χ4v) is 2.37. The molecule has 5 nitrogen and oxygen atoms in total. The summed E-state index contributed by atoms with van der Waals surface area (Å²) in [5.74, 6) is -0.761. The van der Waals surface area contributed by atoms with Crippen molar-refractivity contribution in [3.05, 3.63) is 58.8 Å². The van der Waals surface area contributed by atoms with Gasteiger partial charge >= 0.3 is 5.97 Å². The minimum Gasteiger partial charge on any atom is -0.478 e. The molecule has 0 spiro atoms. The molecule has 104 valence electrons. The lowest BCUT2D eigenvalue weighted by Crippen LogP contribution is -2.05. The third-order valence-electron chi connectivity index (χ3n) is 2.97. The molecular weight excluding hydrogens is 334 g/mol. The van der Waals surface area contributed by atoms with Crippen LogP contribution in [0.3, 0.4) is 0 Å².